The van der Waals surface area contributed by atoms with E-state index in [1.165, 1.54) is 23.1 Å². The first-order valence-corrected chi connectivity index (χ1v) is 6.17. The Hall–Kier alpha value is -0.300. The van der Waals surface area contributed by atoms with Crippen molar-refractivity contribution < 1.29 is 4.79 Å². The molecule has 14 heavy (non-hydrogen) atoms. The third kappa shape index (κ3) is 3.13. The van der Waals surface area contributed by atoms with Gasteiger partial charge in [0.05, 0.1) is 0 Å². The average molecular weight is 270 g/mol. The van der Waals surface area contributed by atoms with Gasteiger partial charge in [0.15, 0.2) is 4.34 Å². The predicted molar refractivity (Wildman–Crippen MR) is 60.1 cm³/mol. The minimum atomic E-state index is -0.495. The second-order valence-corrected chi connectivity index (χ2v) is 4.64. The maximum absolute atomic E-state index is 11.2. The van der Waals surface area contributed by atoms with Crippen LogP contribution < -0.4 is 5.32 Å². The van der Waals surface area contributed by atoms with Gasteiger partial charge in [-0.15, -0.1) is 10.2 Å². The molecule has 1 aromatic rings. The van der Waals surface area contributed by atoms with Gasteiger partial charge in [-0.1, -0.05) is 46.3 Å². The smallest absolute Gasteiger partial charge is 0.269 e. The van der Waals surface area contributed by atoms with Crippen LogP contribution in [-0.2, 0) is 4.79 Å². The molecule has 0 saturated heterocycles. The number of carbonyl (C=O) groups excluding carboxylic acids is 1. The number of aromatic nitrogens is 2. The standard InChI is InChI=1S/C6H5Cl2N3OS2/c1-13-6-11-10-5(14-6)9-4(12)3(8)2-7/h2H,1H3,(H,9,10,12)/b3-2-. The van der Waals surface area contributed by atoms with Crippen LogP contribution in [0.15, 0.2) is 14.9 Å². The molecule has 1 amide bonds. The van der Waals surface area contributed by atoms with Crippen LogP contribution in [0.25, 0.3) is 0 Å². The van der Waals surface area contributed by atoms with Crippen LogP contribution in [0, 0.1) is 0 Å². The minimum Gasteiger partial charge on any atom is -0.296 e. The van der Waals surface area contributed by atoms with E-state index in [-0.39, 0.29) is 5.03 Å². The first-order chi connectivity index (χ1) is 6.67. The van der Waals surface area contributed by atoms with Gasteiger partial charge in [-0.25, -0.2) is 0 Å². The van der Waals surface area contributed by atoms with Gasteiger partial charge in [-0.2, -0.15) is 0 Å². The average Bonchev–Trinajstić information content (AvgIpc) is 2.64. The van der Waals surface area contributed by atoms with E-state index in [9.17, 15) is 4.79 Å². The fourth-order valence-electron chi connectivity index (χ4n) is 0.549. The van der Waals surface area contributed by atoms with Crippen LogP contribution in [0.2, 0.25) is 0 Å². The van der Waals surface area contributed by atoms with Crippen molar-refractivity contribution in [1.82, 2.24) is 10.2 Å². The van der Waals surface area contributed by atoms with E-state index in [4.69, 9.17) is 23.2 Å². The molecule has 0 spiro atoms. The van der Waals surface area contributed by atoms with E-state index in [2.05, 4.69) is 15.5 Å². The maximum atomic E-state index is 11.2. The Morgan fingerprint density at radius 2 is 2.36 bits per heavy atom. The van der Waals surface area contributed by atoms with Crippen molar-refractivity contribution >= 4 is 57.3 Å². The molecule has 1 N–H and O–H groups in total. The number of halogens is 2. The Morgan fingerprint density at radius 3 is 2.86 bits per heavy atom. The molecule has 0 saturated carbocycles. The molecule has 4 nitrogen and oxygen atoms in total. The lowest BCUT2D eigenvalue weighted by Crippen LogP contribution is -2.10. The molecule has 0 aromatic carbocycles. The van der Waals surface area contributed by atoms with E-state index < -0.39 is 5.91 Å². The van der Waals surface area contributed by atoms with Crippen LogP contribution in [0.3, 0.4) is 0 Å². The summed E-state index contributed by atoms with van der Waals surface area (Å²) in [7, 11) is 0. The van der Waals surface area contributed by atoms with Crippen LogP contribution in [0.4, 0.5) is 5.13 Å². The lowest BCUT2D eigenvalue weighted by atomic mass is 10.6. The van der Waals surface area contributed by atoms with Gasteiger partial charge in [0.2, 0.25) is 5.13 Å². The number of hydrogen-bond donors (Lipinski definition) is 1. The summed E-state index contributed by atoms with van der Waals surface area (Å²) in [6.07, 6.45) is 1.87. The Kier molecular flexibility index (Phi) is 4.67. The summed E-state index contributed by atoms with van der Waals surface area (Å²) >= 11 is 13.4. The quantitative estimate of drug-likeness (QED) is 0.521. The van der Waals surface area contributed by atoms with Crippen molar-refractivity contribution in [3.63, 3.8) is 0 Å². The van der Waals surface area contributed by atoms with E-state index in [0.717, 1.165) is 9.87 Å². The van der Waals surface area contributed by atoms with Gasteiger partial charge in [-0.3, -0.25) is 10.1 Å². The molecule has 1 rings (SSSR count). The van der Waals surface area contributed by atoms with Crippen LogP contribution in [-0.4, -0.2) is 22.4 Å². The van der Waals surface area contributed by atoms with Gasteiger partial charge in [0.1, 0.15) is 5.03 Å². The fourth-order valence-corrected chi connectivity index (χ4v) is 1.86. The number of anilines is 1. The van der Waals surface area contributed by atoms with Crippen LogP contribution in [0.5, 0.6) is 0 Å². The normalized spacial score (nSPS) is 11.5. The zero-order valence-electron chi connectivity index (χ0n) is 6.95. The van der Waals surface area contributed by atoms with Gasteiger partial charge in [-0.05, 0) is 6.26 Å². The minimum absolute atomic E-state index is 0.0902. The molecule has 0 unspecified atom stereocenters. The molecule has 0 aliphatic heterocycles. The first-order valence-electron chi connectivity index (χ1n) is 3.32. The molecule has 1 heterocycles. The fraction of sp³-hybridized carbons (Fsp3) is 0.167. The lowest BCUT2D eigenvalue weighted by molar-refractivity contribution is -0.112. The molecule has 0 aliphatic carbocycles. The van der Waals surface area contributed by atoms with Crippen LogP contribution in [0.1, 0.15) is 0 Å². The lowest BCUT2D eigenvalue weighted by Gasteiger charge is -1.96. The molecule has 0 bridgehead atoms. The monoisotopic (exact) mass is 269 g/mol. The third-order valence-corrected chi connectivity index (χ3v) is 3.54. The highest BCUT2D eigenvalue weighted by Gasteiger charge is 2.09. The first kappa shape index (κ1) is 11.8. The number of nitrogens with one attached hydrogen (secondary N) is 1. The predicted octanol–water partition coefficient (Wildman–Crippen LogP) is 2.52. The van der Waals surface area contributed by atoms with Crippen molar-refractivity contribution in [2.24, 2.45) is 0 Å². The van der Waals surface area contributed by atoms with Gasteiger partial charge in [0, 0.05) is 5.54 Å². The summed E-state index contributed by atoms with van der Waals surface area (Å²) < 4.78 is 0.770. The topological polar surface area (TPSA) is 54.9 Å². The highest BCUT2D eigenvalue weighted by Crippen LogP contribution is 2.23. The summed E-state index contributed by atoms with van der Waals surface area (Å²) in [6, 6.07) is 0. The molecule has 0 radical (unpaired) electrons. The second-order valence-electron chi connectivity index (χ2n) is 1.99. The number of amides is 1. The highest BCUT2D eigenvalue weighted by molar-refractivity contribution is 8.00. The van der Waals surface area contributed by atoms with Crippen molar-refractivity contribution in [3.8, 4) is 0 Å². The van der Waals surface area contributed by atoms with Gasteiger partial charge >= 0.3 is 0 Å². The van der Waals surface area contributed by atoms with Crippen molar-refractivity contribution in [1.29, 1.82) is 0 Å². The number of thioether (sulfide) groups is 1. The zero-order valence-corrected chi connectivity index (χ0v) is 10.1. The molecular weight excluding hydrogens is 265 g/mol. The maximum Gasteiger partial charge on any atom is 0.269 e. The highest BCUT2D eigenvalue weighted by atomic mass is 35.5. The Bertz CT molecular complexity index is 366. The molecule has 8 heteroatoms. The van der Waals surface area contributed by atoms with Crippen LogP contribution >= 0.6 is 46.3 Å². The van der Waals surface area contributed by atoms with Crippen molar-refractivity contribution in [2.75, 3.05) is 11.6 Å². The SMILES string of the molecule is CSc1nnc(NC(=O)/C(Cl)=C/Cl)s1. The summed E-state index contributed by atoms with van der Waals surface area (Å²) in [5, 5.41) is 10.3. The van der Waals surface area contributed by atoms with Gasteiger partial charge < -0.3 is 0 Å². The summed E-state index contributed by atoms with van der Waals surface area (Å²) in [6.45, 7) is 0. The second kappa shape index (κ2) is 5.55. The molecule has 76 valence electrons. The molecule has 0 atom stereocenters. The largest absolute Gasteiger partial charge is 0.296 e. The van der Waals surface area contributed by atoms with Gasteiger partial charge in [0.25, 0.3) is 5.91 Å². The summed E-state index contributed by atoms with van der Waals surface area (Å²) in [5.74, 6) is -0.495. The van der Waals surface area contributed by atoms with E-state index in [0.29, 0.717) is 5.13 Å². The Balaban J connectivity index is 2.65. The third-order valence-electron chi connectivity index (χ3n) is 1.11. The Morgan fingerprint density at radius 1 is 1.64 bits per heavy atom. The summed E-state index contributed by atoms with van der Waals surface area (Å²) in [4.78, 5) is 11.2. The van der Waals surface area contributed by atoms with Crippen molar-refractivity contribution in [2.45, 2.75) is 4.34 Å². The van der Waals surface area contributed by atoms with E-state index in [1.807, 2.05) is 6.26 Å². The van der Waals surface area contributed by atoms with E-state index in [1.54, 1.807) is 0 Å². The molecule has 0 fully saturated rings. The number of carbonyl (C=O) groups is 1. The molecular formula is C6H5Cl2N3OS2. The summed E-state index contributed by atoms with van der Waals surface area (Å²) in [5.41, 5.74) is 0.993. The van der Waals surface area contributed by atoms with E-state index >= 15 is 0 Å². The number of rotatable bonds is 3. The zero-order chi connectivity index (χ0) is 10.6. The number of hydrogen-bond acceptors (Lipinski definition) is 5. The van der Waals surface area contributed by atoms with Crippen molar-refractivity contribution in [3.05, 3.63) is 10.6 Å². The Labute approximate surface area is 98.7 Å². The number of nitrogens with zero attached hydrogens (tertiary/aromatic N) is 2. The molecule has 1 aromatic heterocycles. The molecule has 0 aliphatic rings.